The summed E-state index contributed by atoms with van der Waals surface area (Å²) in [6.45, 7) is 2.55. The van der Waals surface area contributed by atoms with Gasteiger partial charge < -0.3 is 15.2 Å². The molecule has 3 heteroatoms. The Balaban J connectivity index is 1.77. The summed E-state index contributed by atoms with van der Waals surface area (Å²) in [5.74, 6) is 0. The highest BCUT2D eigenvalue weighted by Gasteiger charge is 2.25. The van der Waals surface area contributed by atoms with E-state index in [2.05, 4.69) is 36.5 Å². The highest BCUT2D eigenvalue weighted by Crippen LogP contribution is 2.25. The molecule has 0 bridgehead atoms. The van der Waals surface area contributed by atoms with Crippen LogP contribution in [0.4, 0.5) is 0 Å². The number of hydrogen-bond donors (Lipinski definition) is 2. The molecule has 0 aliphatic carbocycles. The number of rotatable bonds is 9. The quantitative estimate of drug-likeness (QED) is 0.583. The molecule has 0 saturated carbocycles. The van der Waals surface area contributed by atoms with Gasteiger partial charge in [-0.2, -0.15) is 0 Å². The van der Waals surface area contributed by atoms with Gasteiger partial charge in [-0.05, 0) is 23.6 Å². The third-order valence-corrected chi connectivity index (χ3v) is 4.75. The van der Waals surface area contributed by atoms with Crippen LogP contribution in [0, 0.1) is 0 Å². The van der Waals surface area contributed by atoms with E-state index in [-0.39, 0.29) is 24.8 Å². The molecule has 3 rings (SSSR count). The van der Waals surface area contributed by atoms with Crippen molar-refractivity contribution in [2.24, 2.45) is 0 Å². The molecule has 3 nitrogen and oxygen atoms in total. The molecular formula is C24H27NO2. The highest BCUT2D eigenvalue weighted by molar-refractivity contribution is 5.23. The first-order valence-corrected chi connectivity index (χ1v) is 9.40. The number of aliphatic hydroxyl groups excluding tert-OH is 1. The van der Waals surface area contributed by atoms with Crippen molar-refractivity contribution in [1.29, 1.82) is 0 Å². The van der Waals surface area contributed by atoms with Crippen molar-refractivity contribution in [2.45, 2.75) is 31.7 Å². The van der Waals surface area contributed by atoms with Crippen molar-refractivity contribution in [2.75, 3.05) is 6.61 Å². The molecule has 140 valence electrons. The van der Waals surface area contributed by atoms with Gasteiger partial charge in [-0.15, -0.1) is 0 Å². The van der Waals surface area contributed by atoms with Crippen LogP contribution in [0.5, 0.6) is 0 Å². The molecule has 0 spiro atoms. The number of hydrogen-bond acceptors (Lipinski definition) is 3. The lowest BCUT2D eigenvalue weighted by atomic mass is 9.99. The Labute approximate surface area is 161 Å². The Morgan fingerprint density at radius 2 is 1.30 bits per heavy atom. The van der Waals surface area contributed by atoms with Gasteiger partial charge in [0.2, 0.25) is 0 Å². The van der Waals surface area contributed by atoms with Crippen molar-refractivity contribution >= 4 is 0 Å². The molecule has 0 fully saturated rings. The lowest BCUT2D eigenvalue weighted by Gasteiger charge is -2.30. The molecule has 0 aromatic heterocycles. The van der Waals surface area contributed by atoms with E-state index in [1.807, 2.05) is 66.7 Å². The summed E-state index contributed by atoms with van der Waals surface area (Å²) in [4.78, 5) is 0. The van der Waals surface area contributed by atoms with Crippen LogP contribution >= 0.6 is 0 Å². The van der Waals surface area contributed by atoms with E-state index in [9.17, 15) is 5.11 Å². The van der Waals surface area contributed by atoms with Gasteiger partial charge in [0.05, 0.1) is 19.3 Å². The van der Waals surface area contributed by atoms with Crippen molar-refractivity contribution in [3.8, 4) is 0 Å². The zero-order chi connectivity index (χ0) is 18.9. The summed E-state index contributed by atoms with van der Waals surface area (Å²) in [7, 11) is 0. The number of nitrogens with one attached hydrogen (secondary N) is 1. The van der Waals surface area contributed by atoms with Crippen LogP contribution in [0.2, 0.25) is 0 Å². The van der Waals surface area contributed by atoms with Crippen molar-refractivity contribution in [3.63, 3.8) is 0 Å². The van der Waals surface area contributed by atoms with E-state index in [0.717, 1.165) is 11.1 Å². The first-order valence-electron chi connectivity index (χ1n) is 9.40. The van der Waals surface area contributed by atoms with E-state index in [0.29, 0.717) is 6.61 Å². The van der Waals surface area contributed by atoms with E-state index >= 15 is 0 Å². The molecule has 2 N–H and O–H groups in total. The van der Waals surface area contributed by atoms with Gasteiger partial charge in [0.15, 0.2) is 0 Å². The maximum atomic E-state index is 10.1. The molecule has 0 radical (unpaired) electrons. The SMILES string of the molecule is C[C@@H](N[C@@H](c1ccccc1)[C@H](CO)OCc1ccccc1)c1ccccc1. The fourth-order valence-corrected chi connectivity index (χ4v) is 3.22. The standard InChI is InChI=1S/C24H27NO2/c1-19(21-13-7-3-8-14-21)25-24(22-15-9-4-10-16-22)23(17-26)27-18-20-11-5-2-6-12-20/h2-16,19,23-26H,17-18H2,1H3/t19-,23+,24+/m1/s1. The summed E-state index contributed by atoms with van der Waals surface area (Å²) < 4.78 is 6.12. The summed E-state index contributed by atoms with van der Waals surface area (Å²) in [5.41, 5.74) is 3.41. The molecule has 0 aliphatic heterocycles. The molecule has 3 aromatic carbocycles. The Morgan fingerprint density at radius 3 is 1.85 bits per heavy atom. The second-order valence-corrected chi connectivity index (χ2v) is 6.71. The minimum atomic E-state index is -0.348. The predicted octanol–water partition coefficient (Wildman–Crippen LogP) is 4.66. The first-order chi connectivity index (χ1) is 13.3. The third kappa shape index (κ3) is 5.51. The van der Waals surface area contributed by atoms with Crippen LogP contribution < -0.4 is 5.32 Å². The predicted molar refractivity (Wildman–Crippen MR) is 109 cm³/mol. The smallest absolute Gasteiger partial charge is 0.100 e. The van der Waals surface area contributed by atoms with Crippen LogP contribution in [-0.2, 0) is 11.3 Å². The van der Waals surface area contributed by atoms with Gasteiger partial charge in [-0.3, -0.25) is 0 Å². The molecule has 3 atom stereocenters. The van der Waals surface area contributed by atoms with Gasteiger partial charge in [0.1, 0.15) is 6.10 Å². The van der Waals surface area contributed by atoms with Crippen molar-refractivity contribution < 1.29 is 9.84 Å². The normalized spacial score (nSPS) is 14.4. The van der Waals surface area contributed by atoms with Gasteiger partial charge >= 0.3 is 0 Å². The molecular weight excluding hydrogens is 334 g/mol. The van der Waals surface area contributed by atoms with Crippen LogP contribution in [0.3, 0.4) is 0 Å². The Bertz CT molecular complexity index is 777. The molecule has 0 saturated heterocycles. The van der Waals surface area contributed by atoms with Crippen molar-refractivity contribution in [1.82, 2.24) is 5.32 Å². The Kier molecular flexibility index (Phi) is 7.17. The Morgan fingerprint density at radius 1 is 0.778 bits per heavy atom. The third-order valence-electron chi connectivity index (χ3n) is 4.75. The first kappa shape index (κ1) is 19.3. The van der Waals surface area contributed by atoms with E-state index in [1.54, 1.807) is 0 Å². The number of aliphatic hydroxyl groups is 1. The van der Waals surface area contributed by atoms with Crippen molar-refractivity contribution in [3.05, 3.63) is 108 Å². The molecule has 0 aliphatic rings. The minimum Gasteiger partial charge on any atom is -0.394 e. The average Bonchev–Trinajstić information content (AvgIpc) is 2.75. The molecule has 0 amide bonds. The van der Waals surface area contributed by atoms with Gasteiger partial charge in [-0.1, -0.05) is 91.0 Å². The molecule has 27 heavy (non-hydrogen) atoms. The zero-order valence-corrected chi connectivity index (χ0v) is 15.7. The largest absolute Gasteiger partial charge is 0.394 e. The lowest BCUT2D eigenvalue weighted by molar-refractivity contribution is -0.0227. The molecule has 3 aromatic rings. The minimum absolute atomic E-state index is 0.0547. The van der Waals surface area contributed by atoms with Gasteiger partial charge in [0.25, 0.3) is 0 Å². The van der Waals surface area contributed by atoms with Gasteiger partial charge in [-0.25, -0.2) is 0 Å². The van der Waals surface area contributed by atoms with E-state index in [4.69, 9.17) is 4.74 Å². The fourth-order valence-electron chi connectivity index (χ4n) is 3.22. The number of ether oxygens (including phenoxy) is 1. The number of benzene rings is 3. The summed E-state index contributed by atoms with van der Waals surface area (Å²) in [5, 5.41) is 13.7. The maximum Gasteiger partial charge on any atom is 0.100 e. The van der Waals surface area contributed by atoms with Crippen LogP contribution in [-0.4, -0.2) is 17.8 Å². The summed E-state index contributed by atoms with van der Waals surface area (Å²) in [6, 6.07) is 30.6. The topological polar surface area (TPSA) is 41.5 Å². The second kappa shape index (κ2) is 10.0. The van der Waals surface area contributed by atoms with E-state index < -0.39 is 0 Å². The fraction of sp³-hybridized carbons (Fsp3) is 0.250. The summed E-state index contributed by atoms with van der Waals surface area (Å²) in [6.07, 6.45) is -0.348. The average molecular weight is 361 g/mol. The zero-order valence-electron chi connectivity index (χ0n) is 15.7. The summed E-state index contributed by atoms with van der Waals surface area (Å²) >= 11 is 0. The lowest BCUT2D eigenvalue weighted by Crippen LogP contribution is -2.37. The monoisotopic (exact) mass is 361 g/mol. The van der Waals surface area contributed by atoms with Gasteiger partial charge in [0, 0.05) is 6.04 Å². The van der Waals surface area contributed by atoms with Crippen LogP contribution in [0.25, 0.3) is 0 Å². The highest BCUT2D eigenvalue weighted by atomic mass is 16.5. The Hall–Kier alpha value is -2.46. The van der Waals surface area contributed by atoms with Crippen LogP contribution in [0.15, 0.2) is 91.0 Å². The molecule has 0 heterocycles. The van der Waals surface area contributed by atoms with E-state index in [1.165, 1.54) is 5.56 Å². The molecule has 0 unspecified atom stereocenters. The van der Waals surface area contributed by atoms with Crippen LogP contribution in [0.1, 0.15) is 35.7 Å². The maximum absolute atomic E-state index is 10.1. The second-order valence-electron chi connectivity index (χ2n) is 6.71.